The molecule has 2 N–H and O–H groups in total. The summed E-state index contributed by atoms with van der Waals surface area (Å²) in [5, 5.41) is 15.2. The summed E-state index contributed by atoms with van der Waals surface area (Å²) in [6.07, 6.45) is 1.63. The van der Waals surface area contributed by atoms with Gasteiger partial charge in [-0.05, 0) is 49.9 Å². The third-order valence-corrected chi connectivity index (χ3v) is 6.02. The number of sulfonamides is 1. The first-order valence-corrected chi connectivity index (χ1v) is 9.33. The van der Waals surface area contributed by atoms with Crippen LogP contribution in [0.1, 0.15) is 11.4 Å². The van der Waals surface area contributed by atoms with Crippen molar-refractivity contribution < 1.29 is 8.42 Å². The minimum atomic E-state index is -3.68. The van der Waals surface area contributed by atoms with Gasteiger partial charge in [0.05, 0.1) is 11.4 Å². The predicted molar refractivity (Wildman–Crippen MR) is 90.4 cm³/mol. The Kier molecular flexibility index (Phi) is 4.33. The van der Waals surface area contributed by atoms with Crippen molar-refractivity contribution in [1.82, 2.24) is 25.0 Å². The zero-order valence-electron chi connectivity index (χ0n) is 13.3. The molecule has 0 aliphatic carbocycles. The molecular formula is C14H16N6O2S2. The van der Waals surface area contributed by atoms with Crippen LogP contribution in [0.3, 0.4) is 0 Å². The maximum atomic E-state index is 12.5. The lowest BCUT2D eigenvalue weighted by Crippen LogP contribution is -2.14. The number of hydrogen-bond acceptors (Lipinski definition) is 6. The van der Waals surface area contributed by atoms with Gasteiger partial charge in [0, 0.05) is 17.6 Å². The highest BCUT2D eigenvalue weighted by Gasteiger charge is 2.22. The van der Waals surface area contributed by atoms with Crippen LogP contribution in [-0.4, -0.2) is 33.4 Å². The number of hydrogen-bond donors (Lipinski definition) is 2. The number of aromatic amines is 1. The van der Waals surface area contributed by atoms with Gasteiger partial charge in [-0.2, -0.15) is 5.10 Å². The first kappa shape index (κ1) is 16.5. The summed E-state index contributed by atoms with van der Waals surface area (Å²) in [6, 6.07) is 7.07. The normalized spacial score (nSPS) is 11.6. The van der Waals surface area contributed by atoms with E-state index < -0.39 is 10.0 Å². The lowest BCUT2D eigenvalue weighted by molar-refractivity contribution is 0.600. The second kappa shape index (κ2) is 6.29. The molecule has 0 fully saturated rings. The Morgan fingerprint density at radius 2 is 1.92 bits per heavy atom. The zero-order chi connectivity index (χ0) is 17.3. The molecule has 0 spiro atoms. The third kappa shape index (κ3) is 3.29. The molecule has 24 heavy (non-hydrogen) atoms. The zero-order valence-corrected chi connectivity index (χ0v) is 14.9. The molecule has 0 unspecified atom stereocenters. The van der Waals surface area contributed by atoms with E-state index in [-0.39, 0.29) is 4.90 Å². The van der Waals surface area contributed by atoms with Crippen LogP contribution in [0.4, 0.5) is 5.69 Å². The Morgan fingerprint density at radius 3 is 2.46 bits per heavy atom. The fourth-order valence-electron chi connectivity index (χ4n) is 2.20. The van der Waals surface area contributed by atoms with Crippen LogP contribution in [0, 0.1) is 13.8 Å². The van der Waals surface area contributed by atoms with Gasteiger partial charge < -0.3 is 4.57 Å². The summed E-state index contributed by atoms with van der Waals surface area (Å²) < 4.78 is 29.4. The monoisotopic (exact) mass is 364 g/mol. The summed E-state index contributed by atoms with van der Waals surface area (Å²) in [7, 11) is -1.82. The van der Waals surface area contributed by atoms with Crippen molar-refractivity contribution in [3.8, 4) is 0 Å². The van der Waals surface area contributed by atoms with Crippen molar-refractivity contribution in [1.29, 1.82) is 0 Å². The minimum absolute atomic E-state index is 0.181. The molecule has 126 valence electrons. The number of rotatable bonds is 5. The summed E-state index contributed by atoms with van der Waals surface area (Å²) in [6.45, 7) is 3.33. The van der Waals surface area contributed by atoms with Crippen LogP contribution in [0.2, 0.25) is 0 Å². The van der Waals surface area contributed by atoms with Gasteiger partial charge in [0.25, 0.3) is 10.0 Å². The number of nitrogens with zero attached hydrogens (tertiary/aromatic N) is 4. The summed E-state index contributed by atoms with van der Waals surface area (Å²) in [5.74, 6) is 0. The van der Waals surface area contributed by atoms with Gasteiger partial charge in [-0.15, -0.1) is 10.2 Å². The standard InChI is InChI=1S/C14H16N6O2S2/c1-9-13(10(2)17-16-9)24(21,22)19-11-4-6-12(7-5-11)23-14-18-15-8-20(14)3/h4-8,19H,1-3H3,(H,16,17). The van der Waals surface area contributed by atoms with E-state index in [1.165, 1.54) is 11.8 Å². The molecule has 0 saturated heterocycles. The fraction of sp³-hybridized carbons (Fsp3) is 0.214. The summed E-state index contributed by atoms with van der Waals surface area (Å²) in [5.41, 5.74) is 1.43. The largest absolute Gasteiger partial charge is 0.311 e. The molecule has 0 atom stereocenters. The predicted octanol–water partition coefficient (Wildman–Crippen LogP) is 2.11. The molecule has 0 aliphatic heterocycles. The van der Waals surface area contributed by atoms with Gasteiger partial charge in [-0.25, -0.2) is 8.42 Å². The third-order valence-electron chi connectivity index (χ3n) is 3.31. The molecule has 0 radical (unpaired) electrons. The van der Waals surface area contributed by atoms with Gasteiger partial charge in [0.1, 0.15) is 11.2 Å². The molecule has 0 saturated carbocycles. The van der Waals surface area contributed by atoms with E-state index in [0.717, 1.165) is 10.1 Å². The molecule has 2 heterocycles. The highest BCUT2D eigenvalue weighted by molar-refractivity contribution is 7.99. The van der Waals surface area contributed by atoms with Crippen molar-refractivity contribution >= 4 is 27.5 Å². The second-order valence-corrected chi connectivity index (χ2v) is 7.88. The van der Waals surface area contributed by atoms with Crippen molar-refractivity contribution in [2.75, 3.05) is 4.72 Å². The van der Waals surface area contributed by atoms with E-state index in [2.05, 4.69) is 25.1 Å². The fourth-order valence-corrected chi connectivity index (χ4v) is 4.40. The first-order valence-electron chi connectivity index (χ1n) is 7.03. The van der Waals surface area contributed by atoms with Crippen LogP contribution >= 0.6 is 11.8 Å². The van der Waals surface area contributed by atoms with Crippen molar-refractivity contribution in [2.24, 2.45) is 7.05 Å². The van der Waals surface area contributed by atoms with Crippen molar-refractivity contribution in [3.05, 3.63) is 42.0 Å². The molecule has 0 aliphatic rings. The van der Waals surface area contributed by atoms with E-state index in [1.807, 2.05) is 23.7 Å². The van der Waals surface area contributed by atoms with Crippen LogP contribution in [0.15, 0.2) is 45.5 Å². The lowest BCUT2D eigenvalue weighted by atomic mass is 10.3. The first-order chi connectivity index (χ1) is 11.4. The van der Waals surface area contributed by atoms with Gasteiger partial charge in [0.15, 0.2) is 5.16 Å². The Balaban J connectivity index is 1.78. The Morgan fingerprint density at radius 1 is 1.21 bits per heavy atom. The number of H-pyrrole nitrogens is 1. The summed E-state index contributed by atoms with van der Waals surface area (Å²) >= 11 is 1.45. The number of benzene rings is 1. The van der Waals surface area contributed by atoms with E-state index in [9.17, 15) is 8.42 Å². The molecule has 3 rings (SSSR count). The van der Waals surface area contributed by atoms with Crippen LogP contribution in [-0.2, 0) is 17.1 Å². The lowest BCUT2D eigenvalue weighted by Gasteiger charge is -2.09. The number of nitrogens with one attached hydrogen (secondary N) is 2. The molecule has 2 aromatic heterocycles. The minimum Gasteiger partial charge on any atom is -0.311 e. The van der Waals surface area contributed by atoms with Crippen LogP contribution in [0.25, 0.3) is 0 Å². The van der Waals surface area contributed by atoms with Gasteiger partial charge >= 0.3 is 0 Å². The molecule has 0 amide bonds. The molecule has 8 nitrogen and oxygen atoms in total. The highest BCUT2D eigenvalue weighted by atomic mass is 32.2. The van der Waals surface area contributed by atoms with Gasteiger partial charge in [-0.3, -0.25) is 9.82 Å². The van der Waals surface area contributed by atoms with Gasteiger partial charge in [-0.1, -0.05) is 0 Å². The van der Waals surface area contributed by atoms with Crippen LogP contribution < -0.4 is 4.72 Å². The van der Waals surface area contributed by atoms with Crippen molar-refractivity contribution in [2.45, 2.75) is 28.8 Å². The van der Waals surface area contributed by atoms with Crippen molar-refractivity contribution in [3.63, 3.8) is 0 Å². The Bertz CT molecular complexity index is 940. The molecule has 1 aromatic carbocycles. The van der Waals surface area contributed by atoms with E-state index >= 15 is 0 Å². The topological polar surface area (TPSA) is 106 Å². The molecule has 10 heteroatoms. The average Bonchev–Trinajstić information content (AvgIpc) is 3.07. The smallest absolute Gasteiger partial charge is 0.265 e. The van der Waals surface area contributed by atoms with Gasteiger partial charge in [0.2, 0.25) is 0 Å². The maximum absolute atomic E-state index is 12.5. The van der Waals surface area contributed by atoms with Crippen LogP contribution in [0.5, 0.6) is 0 Å². The van der Waals surface area contributed by atoms with E-state index in [4.69, 9.17) is 0 Å². The maximum Gasteiger partial charge on any atom is 0.265 e. The van der Waals surface area contributed by atoms with E-state index in [1.54, 1.807) is 32.3 Å². The molecule has 0 bridgehead atoms. The summed E-state index contributed by atoms with van der Waals surface area (Å²) in [4.78, 5) is 1.12. The Hall–Kier alpha value is -2.33. The quantitative estimate of drug-likeness (QED) is 0.718. The number of aryl methyl sites for hydroxylation is 3. The average molecular weight is 364 g/mol. The molecule has 3 aromatic rings. The Labute approximate surface area is 143 Å². The molecular weight excluding hydrogens is 348 g/mol. The SMILES string of the molecule is Cc1n[nH]c(C)c1S(=O)(=O)Nc1ccc(Sc2nncn2C)cc1. The highest BCUT2D eigenvalue weighted by Crippen LogP contribution is 2.27. The van der Waals surface area contributed by atoms with E-state index in [0.29, 0.717) is 17.1 Å². The second-order valence-electron chi connectivity index (χ2n) is 5.22. The number of aromatic nitrogens is 5. The number of anilines is 1.